The number of hydrogen-bond donors (Lipinski definition) is 2. The Kier molecular flexibility index (Phi) is 4.93. The Labute approximate surface area is 114 Å². The van der Waals surface area contributed by atoms with Gasteiger partial charge in [0.2, 0.25) is 0 Å². The van der Waals surface area contributed by atoms with E-state index in [0.29, 0.717) is 6.04 Å². The summed E-state index contributed by atoms with van der Waals surface area (Å²) in [6.45, 7) is 4.83. The van der Waals surface area contributed by atoms with Crippen molar-refractivity contribution in [1.29, 1.82) is 0 Å². The van der Waals surface area contributed by atoms with Crippen LogP contribution in [0.15, 0.2) is 30.3 Å². The molecule has 19 heavy (non-hydrogen) atoms. The molecular formula is C15H22N2O2. The number of carboxylic acid groups (broad SMARTS) is 1. The molecule has 0 bridgehead atoms. The largest absolute Gasteiger partial charge is 0.481 e. The molecule has 0 saturated carbocycles. The zero-order valence-corrected chi connectivity index (χ0v) is 11.4. The molecular weight excluding hydrogens is 240 g/mol. The van der Waals surface area contributed by atoms with Crippen molar-refractivity contribution in [3.63, 3.8) is 0 Å². The lowest BCUT2D eigenvalue weighted by Crippen LogP contribution is -2.41. The van der Waals surface area contributed by atoms with Gasteiger partial charge in [-0.1, -0.05) is 30.3 Å². The molecule has 2 N–H and O–H groups in total. The van der Waals surface area contributed by atoms with E-state index >= 15 is 0 Å². The predicted molar refractivity (Wildman–Crippen MR) is 75.0 cm³/mol. The summed E-state index contributed by atoms with van der Waals surface area (Å²) >= 11 is 0. The zero-order chi connectivity index (χ0) is 13.7. The van der Waals surface area contributed by atoms with Crippen molar-refractivity contribution in [3.05, 3.63) is 35.9 Å². The topological polar surface area (TPSA) is 52.6 Å². The van der Waals surface area contributed by atoms with Gasteiger partial charge in [0.15, 0.2) is 0 Å². The molecule has 1 aliphatic heterocycles. The van der Waals surface area contributed by atoms with E-state index in [2.05, 4.69) is 29.3 Å². The third kappa shape index (κ3) is 4.65. The monoisotopic (exact) mass is 262 g/mol. The SMILES string of the molecule is CC1CCN(Cc2ccccc2)CC(CC(=O)O)N1. The Morgan fingerprint density at radius 2 is 2.16 bits per heavy atom. The maximum Gasteiger partial charge on any atom is 0.304 e. The summed E-state index contributed by atoms with van der Waals surface area (Å²) in [5.41, 5.74) is 1.28. The average molecular weight is 262 g/mol. The summed E-state index contributed by atoms with van der Waals surface area (Å²) in [5, 5.41) is 12.4. The zero-order valence-electron chi connectivity index (χ0n) is 11.4. The third-order valence-corrected chi connectivity index (χ3v) is 3.55. The van der Waals surface area contributed by atoms with Crippen molar-refractivity contribution >= 4 is 5.97 Å². The summed E-state index contributed by atoms with van der Waals surface area (Å²) in [5.74, 6) is -0.730. The van der Waals surface area contributed by atoms with Crippen LogP contribution in [-0.4, -0.2) is 41.1 Å². The fraction of sp³-hybridized carbons (Fsp3) is 0.533. The normalized spacial score (nSPS) is 24.9. The Bertz CT molecular complexity index is 408. The summed E-state index contributed by atoms with van der Waals surface area (Å²) in [7, 11) is 0. The van der Waals surface area contributed by atoms with E-state index in [0.717, 1.165) is 26.1 Å². The molecule has 1 aliphatic rings. The second-order valence-corrected chi connectivity index (χ2v) is 5.37. The molecule has 1 heterocycles. The summed E-state index contributed by atoms with van der Waals surface area (Å²) in [4.78, 5) is 13.2. The van der Waals surface area contributed by atoms with Gasteiger partial charge in [-0.25, -0.2) is 0 Å². The lowest BCUT2D eigenvalue weighted by Gasteiger charge is -2.23. The highest BCUT2D eigenvalue weighted by molar-refractivity contribution is 5.67. The third-order valence-electron chi connectivity index (χ3n) is 3.55. The number of nitrogens with one attached hydrogen (secondary N) is 1. The van der Waals surface area contributed by atoms with E-state index in [1.165, 1.54) is 5.56 Å². The molecule has 2 unspecified atom stereocenters. The molecule has 4 nitrogen and oxygen atoms in total. The maximum absolute atomic E-state index is 10.9. The minimum absolute atomic E-state index is 0.0405. The van der Waals surface area contributed by atoms with Crippen LogP contribution in [0.4, 0.5) is 0 Å². The number of benzene rings is 1. The van der Waals surface area contributed by atoms with Gasteiger partial charge in [0, 0.05) is 31.7 Å². The van der Waals surface area contributed by atoms with Gasteiger partial charge in [-0.3, -0.25) is 9.69 Å². The van der Waals surface area contributed by atoms with Crippen molar-refractivity contribution in [1.82, 2.24) is 10.2 Å². The number of aliphatic carboxylic acids is 1. The fourth-order valence-electron chi connectivity index (χ4n) is 2.64. The van der Waals surface area contributed by atoms with Gasteiger partial charge in [0.1, 0.15) is 0 Å². The van der Waals surface area contributed by atoms with Crippen molar-refractivity contribution in [2.45, 2.75) is 38.4 Å². The van der Waals surface area contributed by atoms with Crippen LogP contribution < -0.4 is 5.32 Å². The van der Waals surface area contributed by atoms with Crippen LogP contribution >= 0.6 is 0 Å². The van der Waals surface area contributed by atoms with Crippen molar-refractivity contribution < 1.29 is 9.90 Å². The highest BCUT2D eigenvalue weighted by Gasteiger charge is 2.23. The van der Waals surface area contributed by atoms with Gasteiger partial charge in [-0.2, -0.15) is 0 Å². The van der Waals surface area contributed by atoms with Gasteiger partial charge in [0.05, 0.1) is 6.42 Å². The van der Waals surface area contributed by atoms with E-state index < -0.39 is 5.97 Å². The lowest BCUT2D eigenvalue weighted by molar-refractivity contribution is -0.137. The van der Waals surface area contributed by atoms with Crippen LogP contribution in [0.2, 0.25) is 0 Å². The molecule has 0 aliphatic carbocycles. The molecule has 4 heteroatoms. The number of hydrogen-bond acceptors (Lipinski definition) is 3. The minimum atomic E-state index is -0.730. The highest BCUT2D eigenvalue weighted by Crippen LogP contribution is 2.12. The van der Waals surface area contributed by atoms with Gasteiger partial charge < -0.3 is 10.4 Å². The Hall–Kier alpha value is -1.39. The first-order chi connectivity index (χ1) is 9.13. The van der Waals surface area contributed by atoms with E-state index in [9.17, 15) is 4.79 Å². The van der Waals surface area contributed by atoms with Crippen LogP contribution in [0, 0.1) is 0 Å². The maximum atomic E-state index is 10.9. The van der Waals surface area contributed by atoms with Crippen molar-refractivity contribution in [2.24, 2.45) is 0 Å². The smallest absolute Gasteiger partial charge is 0.304 e. The lowest BCUT2D eigenvalue weighted by atomic mass is 10.1. The van der Waals surface area contributed by atoms with E-state index in [4.69, 9.17) is 5.11 Å². The Morgan fingerprint density at radius 3 is 2.84 bits per heavy atom. The van der Waals surface area contributed by atoms with Crippen molar-refractivity contribution in [3.8, 4) is 0 Å². The number of nitrogens with zero attached hydrogens (tertiary/aromatic N) is 1. The highest BCUT2D eigenvalue weighted by atomic mass is 16.4. The Morgan fingerprint density at radius 1 is 1.42 bits per heavy atom. The summed E-state index contributed by atoms with van der Waals surface area (Å²) in [6.07, 6.45) is 1.25. The molecule has 104 valence electrons. The average Bonchev–Trinajstić information content (AvgIpc) is 2.52. The van der Waals surface area contributed by atoms with Crippen LogP contribution in [0.25, 0.3) is 0 Å². The molecule has 1 aromatic carbocycles. The van der Waals surface area contributed by atoms with Gasteiger partial charge in [-0.15, -0.1) is 0 Å². The number of carboxylic acids is 1. The number of rotatable bonds is 4. The van der Waals surface area contributed by atoms with E-state index in [1.807, 2.05) is 18.2 Å². The standard InChI is InChI=1S/C15H22N2O2/c1-12-7-8-17(10-13-5-3-2-4-6-13)11-14(16-12)9-15(18)19/h2-6,12,14,16H,7-11H2,1H3,(H,18,19). The van der Waals surface area contributed by atoms with Gasteiger partial charge in [-0.05, 0) is 18.9 Å². The molecule has 0 aromatic heterocycles. The van der Waals surface area contributed by atoms with Gasteiger partial charge in [0.25, 0.3) is 0 Å². The molecule has 0 spiro atoms. The quantitative estimate of drug-likeness (QED) is 0.867. The molecule has 0 radical (unpaired) electrons. The van der Waals surface area contributed by atoms with Crippen LogP contribution in [0.5, 0.6) is 0 Å². The predicted octanol–water partition coefficient (Wildman–Crippen LogP) is 1.71. The minimum Gasteiger partial charge on any atom is -0.481 e. The molecule has 2 rings (SSSR count). The molecule has 2 atom stereocenters. The van der Waals surface area contributed by atoms with Crippen molar-refractivity contribution in [2.75, 3.05) is 13.1 Å². The van der Waals surface area contributed by atoms with Crippen LogP contribution in [-0.2, 0) is 11.3 Å². The second kappa shape index (κ2) is 6.68. The first-order valence-electron chi connectivity index (χ1n) is 6.87. The van der Waals surface area contributed by atoms with E-state index in [-0.39, 0.29) is 12.5 Å². The summed E-state index contributed by atoms with van der Waals surface area (Å²) < 4.78 is 0. The van der Waals surface area contributed by atoms with Crippen LogP contribution in [0.3, 0.4) is 0 Å². The molecule has 1 saturated heterocycles. The van der Waals surface area contributed by atoms with Gasteiger partial charge >= 0.3 is 5.97 Å². The number of carbonyl (C=O) groups is 1. The molecule has 0 amide bonds. The molecule has 1 aromatic rings. The Balaban J connectivity index is 1.97. The first-order valence-corrected chi connectivity index (χ1v) is 6.87. The second-order valence-electron chi connectivity index (χ2n) is 5.37. The van der Waals surface area contributed by atoms with E-state index in [1.54, 1.807) is 0 Å². The van der Waals surface area contributed by atoms with Crippen LogP contribution in [0.1, 0.15) is 25.3 Å². The molecule has 1 fully saturated rings. The first kappa shape index (κ1) is 14.0. The summed E-state index contributed by atoms with van der Waals surface area (Å²) in [6, 6.07) is 10.8. The fourth-order valence-corrected chi connectivity index (χ4v) is 2.64.